The summed E-state index contributed by atoms with van der Waals surface area (Å²) in [5.41, 5.74) is 7.81. The van der Waals surface area contributed by atoms with Crippen molar-refractivity contribution in [3.05, 3.63) is 106 Å². The molecule has 25 nitrogen and oxygen atoms in total. The number of carbonyl (C=O) groups is 4. The fourth-order valence-corrected chi connectivity index (χ4v) is 22.8. The molecular formula is C102H174N12O13. The topological polar surface area (TPSA) is 291 Å². The standard InChI is InChI=1S/2C34H58N4O4.C29H48N4O4.C5H10O/c2*1-22(2)12-13-37(15-14-36(7)8)19-25-10-9-11-26(16-25)20-38-32(31(24(4)40)30(21-39)42-38)33(41)35-29-18-27-17-28(23(29)3)34(27,5)6;1-18-23-13-22(29(23,3)4)14-24(18)31-28(36)27-26(19(2)35)25(17-34)37-33(27)16-21-9-7-8-20(12-21)15-30-10-11-32(5)6;1-5(2)3-4-6/h2*9-11,16,22-24,27-32,39-40H,12-15,17-21H2,1-8H3,(H,35,41);7-9,12,18-19,22-27,30,34-35H,10-11,13-17H2,1-6H3,(H,31,36);4-5H,3H2,1-2H3/t2*23-,24-,27+,28-,29-,30-,31+,32-;18-,19-,22+,23-,24-,25-,26+,27-;/m000./s1. The van der Waals surface area contributed by atoms with Crippen molar-refractivity contribution in [2.45, 2.75) is 295 Å². The van der Waals surface area contributed by atoms with E-state index in [1.807, 2.05) is 26.0 Å². The van der Waals surface area contributed by atoms with Crippen LogP contribution in [0.3, 0.4) is 0 Å². The second kappa shape index (κ2) is 47.8. The lowest BCUT2D eigenvalue weighted by Crippen LogP contribution is -2.62. The molecule has 9 aliphatic carbocycles. The minimum Gasteiger partial charge on any atom is -0.394 e. The van der Waals surface area contributed by atoms with Crippen molar-refractivity contribution in [3.63, 3.8) is 0 Å². The van der Waals surface area contributed by atoms with Gasteiger partial charge in [-0.05, 0) is 248 Å². The lowest BCUT2D eigenvalue weighted by Gasteiger charge is -2.62. The van der Waals surface area contributed by atoms with E-state index in [1.54, 1.807) is 36.0 Å². The van der Waals surface area contributed by atoms with Gasteiger partial charge in [0.1, 0.15) is 42.7 Å². The molecular weight excluding hydrogens is 1600 g/mol. The molecule has 720 valence electrons. The van der Waals surface area contributed by atoms with Gasteiger partial charge in [0, 0.05) is 101 Å². The Hall–Kier alpha value is -4.98. The van der Waals surface area contributed by atoms with Gasteiger partial charge in [-0.3, -0.25) is 38.7 Å². The summed E-state index contributed by atoms with van der Waals surface area (Å²) in [5.74, 6) is 5.00. The van der Waals surface area contributed by atoms with E-state index in [2.05, 4.69) is 239 Å². The Morgan fingerprint density at radius 2 is 0.732 bits per heavy atom. The number of likely N-dealkylation sites (N-methyl/N-ethyl adjacent to an activating group) is 3. The quantitative estimate of drug-likeness (QED) is 0.0187. The summed E-state index contributed by atoms with van der Waals surface area (Å²) in [6.45, 7) is 50.2. The molecule has 24 atom stereocenters. The molecule has 9 saturated carbocycles. The van der Waals surface area contributed by atoms with Gasteiger partial charge in [-0.25, -0.2) is 0 Å². The van der Waals surface area contributed by atoms with E-state index in [1.165, 1.54) is 36.0 Å². The molecule has 15 rings (SSSR count). The Labute approximate surface area is 765 Å². The van der Waals surface area contributed by atoms with Crippen molar-refractivity contribution < 1.29 is 64.3 Å². The average molecular weight is 1780 g/mol. The highest BCUT2D eigenvalue weighted by Crippen LogP contribution is 2.63. The van der Waals surface area contributed by atoms with Gasteiger partial charge >= 0.3 is 0 Å². The molecule has 3 aromatic rings. The number of rotatable bonds is 41. The van der Waals surface area contributed by atoms with Crippen LogP contribution in [0, 0.1) is 105 Å². The second-order valence-electron chi connectivity index (χ2n) is 44.0. The molecule has 0 aromatic heterocycles. The number of amides is 3. The number of benzene rings is 3. The van der Waals surface area contributed by atoms with Crippen LogP contribution in [0.5, 0.6) is 0 Å². The Morgan fingerprint density at radius 1 is 0.433 bits per heavy atom. The van der Waals surface area contributed by atoms with Gasteiger partial charge < -0.3 is 71.4 Å². The number of carbonyl (C=O) groups excluding carboxylic acids is 4. The summed E-state index contributed by atoms with van der Waals surface area (Å²) < 4.78 is 0. The summed E-state index contributed by atoms with van der Waals surface area (Å²) in [5, 5.41) is 81.1. The first-order chi connectivity index (χ1) is 59.9. The minimum absolute atomic E-state index is 0.104. The predicted octanol–water partition coefficient (Wildman–Crippen LogP) is 10.7. The van der Waals surface area contributed by atoms with E-state index in [9.17, 15) is 49.8 Å². The molecule has 0 spiro atoms. The van der Waals surface area contributed by atoms with Crippen LogP contribution in [0.15, 0.2) is 72.8 Å². The highest BCUT2D eigenvalue weighted by molar-refractivity contribution is 5.84. The van der Waals surface area contributed by atoms with E-state index >= 15 is 0 Å². The Bertz CT molecular complexity index is 3680. The highest BCUT2D eigenvalue weighted by Gasteiger charge is 2.61. The van der Waals surface area contributed by atoms with Crippen LogP contribution < -0.4 is 21.3 Å². The number of hydroxylamine groups is 6. The van der Waals surface area contributed by atoms with Crippen LogP contribution in [0.2, 0.25) is 0 Å². The van der Waals surface area contributed by atoms with Gasteiger partial charge in [-0.1, -0.05) is 177 Å². The molecule has 6 bridgehead atoms. The molecule has 3 amide bonds. The third-order valence-corrected chi connectivity index (χ3v) is 31.4. The molecule has 3 saturated heterocycles. The number of aliphatic hydroxyl groups excluding tert-OH is 6. The molecule has 25 heteroatoms. The first kappa shape index (κ1) is 106. The molecule has 0 radical (unpaired) electrons. The second-order valence-corrected chi connectivity index (χ2v) is 44.0. The fraction of sp³-hybridized carbons (Fsp3) is 0.784. The SMILES string of the molecule is CC(C)CC=O.CC(C)CCN(CCN(C)C)Cc1cccc(CN2O[C@@H](CO)[C@@H]([C@H](C)O)[C@H]2C(=O)N[C@H]2C[C@H]3C[C@@H]([C@@H]2C)C3(C)C)c1.CC(C)CCN(CCN(C)C)Cc1cccc(CN2O[C@@H](CO)[C@@H]([C@H](C)O)[C@H]2C(=O)N[C@H]2C[C@H]3C[C@@H]([C@@H]2C)C3(C)C)c1.C[C@@H]1[C@@H](NC(=O)[C@@H]2[C@H]([C@H](C)O)[C@H](CO)ON2Cc2cccc(CNCCN(C)C)c2)C[C@H]2C[C@@H]1C2(C)C. The summed E-state index contributed by atoms with van der Waals surface area (Å²) in [6, 6.07) is 23.7. The van der Waals surface area contributed by atoms with Crippen molar-refractivity contribution >= 4 is 24.0 Å². The number of hydrogen-bond donors (Lipinski definition) is 10. The number of aldehydes is 1. The lowest BCUT2D eigenvalue weighted by atomic mass is 9.45. The molecule has 0 unspecified atom stereocenters. The van der Waals surface area contributed by atoms with Crippen LogP contribution in [0.25, 0.3) is 0 Å². The zero-order valence-electron chi connectivity index (χ0n) is 82.6. The molecule has 10 N–H and O–H groups in total. The maximum Gasteiger partial charge on any atom is 0.240 e. The van der Waals surface area contributed by atoms with Gasteiger partial charge in [-0.2, -0.15) is 15.2 Å². The van der Waals surface area contributed by atoms with E-state index in [-0.39, 0.29) is 55.7 Å². The van der Waals surface area contributed by atoms with Gasteiger partial charge in [0.05, 0.1) is 57.8 Å². The molecule has 127 heavy (non-hydrogen) atoms. The third kappa shape index (κ3) is 27.6. The third-order valence-electron chi connectivity index (χ3n) is 31.4. The first-order valence-corrected chi connectivity index (χ1v) is 48.8. The predicted molar refractivity (Wildman–Crippen MR) is 504 cm³/mol. The number of nitrogens with zero attached hydrogens (tertiary/aromatic N) is 8. The van der Waals surface area contributed by atoms with Crippen LogP contribution in [0.1, 0.15) is 216 Å². The molecule has 3 aliphatic heterocycles. The van der Waals surface area contributed by atoms with Gasteiger partial charge in [0.25, 0.3) is 0 Å². The minimum atomic E-state index is -0.795. The monoisotopic (exact) mass is 1780 g/mol. The maximum atomic E-state index is 13.9. The highest BCUT2D eigenvalue weighted by atomic mass is 16.7. The number of aliphatic hydroxyl groups is 6. The average Bonchev–Trinajstić information content (AvgIpc) is 1.38. The van der Waals surface area contributed by atoms with Gasteiger partial charge in [0.2, 0.25) is 17.7 Å². The summed E-state index contributed by atoms with van der Waals surface area (Å²) >= 11 is 0. The van der Waals surface area contributed by atoms with Crippen molar-refractivity contribution in [2.75, 3.05) is 114 Å². The van der Waals surface area contributed by atoms with Crippen LogP contribution >= 0.6 is 0 Å². The van der Waals surface area contributed by atoms with Gasteiger partial charge in [-0.15, -0.1) is 0 Å². The normalized spacial score (nSPS) is 31.1. The van der Waals surface area contributed by atoms with E-state index < -0.39 is 72.5 Å². The summed E-state index contributed by atoms with van der Waals surface area (Å²) in [6.07, 6.45) is 6.45. The molecule has 12 fully saturated rings. The molecule has 3 heterocycles. The van der Waals surface area contributed by atoms with E-state index in [4.69, 9.17) is 14.5 Å². The Kier molecular flexibility index (Phi) is 39.8. The van der Waals surface area contributed by atoms with Crippen molar-refractivity contribution in [2.24, 2.45) is 105 Å². The first-order valence-electron chi connectivity index (χ1n) is 48.8. The smallest absolute Gasteiger partial charge is 0.240 e. The zero-order chi connectivity index (χ0) is 93.4. The van der Waals surface area contributed by atoms with E-state index in [0.717, 1.165) is 127 Å². The molecule has 3 aromatic carbocycles. The fourth-order valence-electron chi connectivity index (χ4n) is 22.8. The van der Waals surface area contributed by atoms with Crippen LogP contribution in [-0.2, 0) is 73.0 Å². The summed E-state index contributed by atoms with van der Waals surface area (Å²) in [7, 11) is 12.6. The Balaban J connectivity index is 0.000000209. The van der Waals surface area contributed by atoms with Crippen molar-refractivity contribution in [3.8, 4) is 0 Å². The number of fused-ring (bicyclic) bond motifs is 6. The van der Waals surface area contributed by atoms with E-state index in [0.29, 0.717) is 113 Å². The van der Waals surface area contributed by atoms with Gasteiger partial charge in [0.15, 0.2) is 0 Å². The maximum absolute atomic E-state index is 13.9. The number of nitrogens with one attached hydrogen (secondary N) is 4. The van der Waals surface area contributed by atoms with Crippen LogP contribution in [0.4, 0.5) is 0 Å². The largest absolute Gasteiger partial charge is 0.394 e. The van der Waals surface area contributed by atoms with Crippen LogP contribution in [-0.4, -0.2) is 282 Å². The van der Waals surface area contributed by atoms with Crippen molar-refractivity contribution in [1.29, 1.82) is 0 Å². The lowest BCUT2D eigenvalue weighted by molar-refractivity contribution is -0.183. The number of hydrogen-bond acceptors (Lipinski definition) is 22. The Morgan fingerprint density at radius 3 is 0.984 bits per heavy atom. The molecule has 12 aliphatic rings. The zero-order valence-corrected chi connectivity index (χ0v) is 82.6. The van der Waals surface area contributed by atoms with Crippen molar-refractivity contribution in [1.82, 2.24) is 61.0 Å². The summed E-state index contributed by atoms with van der Waals surface area (Å²) in [4.78, 5) is 81.4.